The standard InChI is InChI=1S/C19H25N5OS/c1-22(2)19-20-18(21-26-19)13-24-11-7-14(8-12-24)25-17-6-4-5-16-15(17)9-10-23(16)3/h4-6,9-10,14H,7-8,11-13H2,1-3H3. The van der Waals surface area contributed by atoms with E-state index in [0.717, 1.165) is 49.2 Å². The number of likely N-dealkylation sites (tertiary alicyclic amines) is 1. The maximum atomic E-state index is 6.34. The highest BCUT2D eigenvalue weighted by atomic mass is 32.1. The van der Waals surface area contributed by atoms with E-state index in [4.69, 9.17) is 4.74 Å². The normalized spacial score (nSPS) is 16.3. The van der Waals surface area contributed by atoms with Crippen LogP contribution in [-0.4, -0.2) is 52.1 Å². The van der Waals surface area contributed by atoms with Gasteiger partial charge in [-0.25, -0.2) is 4.98 Å². The third kappa shape index (κ3) is 3.54. The Kier molecular flexibility index (Phi) is 4.82. The maximum Gasteiger partial charge on any atom is 0.204 e. The Morgan fingerprint density at radius 2 is 2.04 bits per heavy atom. The molecule has 138 valence electrons. The van der Waals surface area contributed by atoms with Crippen LogP contribution in [-0.2, 0) is 13.6 Å². The van der Waals surface area contributed by atoms with E-state index < -0.39 is 0 Å². The first-order valence-corrected chi connectivity index (χ1v) is 9.80. The van der Waals surface area contributed by atoms with Crippen molar-refractivity contribution in [2.24, 2.45) is 7.05 Å². The molecule has 0 N–H and O–H groups in total. The van der Waals surface area contributed by atoms with Gasteiger partial charge in [-0.15, -0.1) is 0 Å². The van der Waals surface area contributed by atoms with Gasteiger partial charge in [0.1, 0.15) is 11.9 Å². The average Bonchev–Trinajstić information content (AvgIpc) is 3.25. The monoisotopic (exact) mass is 371 g/mol. The van der Waals surface area contributed by atoms with Gasteiger partial charge in [0, 0.05) is 57.3 Å². The van der Waals surface area contributed by atoms with Crippen molar-refractivity contribution in [3.05, 3.63) is 36.3 Å². The van der Waals surface area contributed by atoms with Gasteiger partial charge in [-0.3, -0.25) is 4.90 Å². The molecule has 0 bridgehead atoms. The van der Waals surface area contributed by atoms with Crippen molar-refractivity contribution < 1.29 is 4.74 Å². The highest BCUT2D eigenvalue weighted by Crippen LogP contribution is 2.29. The fourth-order valence-electron chi connectivity index (χ4n) is 3.43. The van der Waals surface area contributed by atoms with Crippen molar-refractivity contribution in [1.29, 1.82) is 0 Å². The second-order valence-corrected chi connectivity index (χ2v) is 7.83. The molecule has 3 aromatic rings. The molecule has 1 aliphatic rings. The molecule has 0 saturated carbocycles. The van der Waals surface area contributed by atoms with Crippen LogP contribution < -0.4 is 9.64 Å². The Labute approximate surface area is 158 Å². The molecular weight excluding hydrogens is 346 g/mol. The summed E-state index contributed by atoms with van der Waals surface area (Å²) in [7, 11) is 6.07. The number of fused-ring (bicyclic) bond motifs is 1. The summed E-state index contributed by atoms with van der Waals surface area (Å²) in [6.07, 6.45) is 4.43. The molecule has 0 spiro atoms. The molecule has 0 unspecified atom stereocenters. The SMILES string of the molecule is CN(C)c1nc(CN2CCC(Oc3cccc4c3ccn4C)CC2)ns1. The molecule has 6 nitrogen and oxygen atoms in total. The van der Waals surface area contributed by atoms with E-state index in [1.807, 2.05) is 19.0 Å². The lowest BCUT2D eigenvalue weighted by atomic mass is 10.1. The van der Waals surface area contributed by atoms with E-state index in [2.05, 4.69) is 56.3 Å². The Bertz CT molecular complexity index is 879. The number of piperidine rings is 1. The zero-order chi connectivity index (χ0) is 18.1. The van der Waals surface area contributed by atoms with Gasteiger partial charge in [0.2, 0.25) is 5.13 Å². The van der Waals surface area contributed by atoms with E-state index in [1.165, 1.54) is 22.4 Å². The van der Waals surface area contributed by atoms with Crippen LogP contribution in [0.4, 0.5) is 5.13 Å². The Morgan fingerprint density at radius 3 is 2.77 bits per heavy atom. The number of hydrogen-bond acceptors (Lipinski definition) is 6. The smallest absolute Gasteiger partial charge is 0.204 e. The van der Waals surface area contributed by atoms with Crippen LogP contribution >= 0.6 is 11.5 Å². The summed E-state index contributed by atoms with van der Waals surface area (Å²) in [5.74, 6) is 1.92. The van der Waals surface area contributed by atoms with Gasteiger partial charge in [0.25, 0.3) is 0 Å². The molecule has 3 heterocycles. The Balaban J connectivity index is 1.34. The predicted molar refractivity (Wildman–Crippen MR) is 106 cm³/mol. The molecule has 0 radical (unpaired) electrons. The zero-order valence-corrected chi connectivity index (χ0v) is 16.4. The van der Waals surface area contributed by atoms with Crippen molar-refractivity contribution in [2.45, 2.75) is 25.5 Å². The largest absolute Gasteiger partial charge is 0.490 e. The highest BCUT2D eigenvalue weighted by molar-refractivity contribution is 7.09. The molecule has 1 aromatic carbocycles. The van der Waals surface area contributed by atoms with E-state index in [0.29, 0.717) is 0 Å². The second kappa shape index (κ2) is 7.25. The van der Waals surface area contributed by atoms with Gasteiger partial charge in [0.15, 0.2) is 5.82 Å². The molecule has 1 saturated heterocycles. The van der Waals surface area contributed by atoms with Crippen molar-refractivity contribution in [2.75, 3.05) is 32.1 Å². The number of aromatic nitrogens is 3. The van der Waals surface area contributed by atoms with Crippen LogP contribution in [0.5, 0.6) is 5.75 Å². The van der Waals surface area contributed by atoms with Crippen LogP contribution in [0, 0.1) is 0 Å². The summed E-state index contributed by atoms with van der Waals surface area (Å²) in [6.45, 7) is 2.86. The van der Waals surface area contributed by atoms with Crippen molar-refractivity contribution in [1.82, 2.24) is 18.8 Å². The maximum absolute atomic E-state index is 6.34. The summed E-state index contributed by atoms with van der Waals surface area (Å²) >= 11 is 1.46. The van der Waals surface area contributed by atoms with E-state index >= 15 is 0 Å². The molecule has 2 aromatic heterocycles. The molecular formula is C19H25N5OS. The highest BCUT2D eigenvalue weighted by Gasteiger charge is 2.22. The number of ether oxygens (including phenoxy) is 1. The van der Waals surface area contributed by atoms with Crippen LogP contribution in [0.3, 0.4) is 0 Å². The number of nitrogens with zero attached hydrogens (tertiary/aromatic N) is 5. The molecule has 1 aliphatic heterocycles. The minimum atomic E-state index is 0.276. The number of aryl methyl sites for hydroxylation is 1. The zero-order valence-electron chi connectivity index (χ0n) is 15.6. The first-order valence-electron chi connectivity index (χ1n) is 9.03. The summed E-state index contributed by atoms with van der Waals surface area (Å²) in [6, 6.07) is 8.42. The summed E-state index contributed by atoms with van der Waals surface area (Å²) < 4.78 is 12.9. The minimum Gasteiger partial charge on any atom is -0.490 e. The number of rotatable bonds is 5. The number of hydrogen-bond donors (Lipinski definition) is 0. The average molecular weight is 372 g/mol. The first-order chi connectivity index (χ1) is 12.6. The fourth-order valence-corrected chi connectivity index (χ4v) is 4.03. The van der Waals surface area contributed by atoms with E-state index in [9.17, 15) is 0 Å². The third-order valence-corrected chi connectivity index (χ3v) is 5.84. The van der Waals surface area contributed by atoms with Gasteiger partial charge in [-0.1, -0.05) is 6.07 Å². The minimum absolute atomic E-state index is 0.276. The fraction of sp³-hybridized carbons (Fsp3) is 0.474. The van der Waals surface area contributed by atoms with Gasteiger partial charge < -0.3 is 14.2 Å². The van der Waals surface area contributed by atoms with Gasteiger partial charge in [-0.2, -0.15) is 4.37 Å². The lowest BCUT2D eigenvalue weighted by Gasteiger charge is -2.31. The van der Waals surface area contributed by atoms with E-state index in [1.54, 1.807) is 0 Å². The van der Waals surface area contributed by atoms with Crippen LogP contribution in [0.15, 0.2) is 30.5 Å². The van der Waals surface area contributed by atoms with Crippen LogP contribution in [0.25, 0.3) is 10.9 Å². The summed E-state index contributed by atoms with van der Waals surface area (Å²) in [4.78, 5) is 9.01. The Hall–Kier alpha value is -2.12. The molecule has 26 heavy (non-hydrogen) atoms. The quantitative estimate of drug-likeness (QED) is 0.689. The van der Waals surface area contributed by atoms with Gasteiger partial charge in [-0.05, 0) is 31.0 Å². The topological polar surface area (TPSA) is 46.4 Å². The lowest BCUT2D eigenvalue weighted by Crippen LogP contribution is -2.38. The predicted octanol–water partition coefficient (Wildman–Crippen LogP) is 3.14. The van der Waals surface area contributed by atoms with Crippen molar-refractivity contribution in [3.63, 3.8) is 0 Å². The molecule has 7 heteroatoms. The van der Waals surface area contributed by atoms with Crippen molar-refractivity contribution >= 4 is 27.6 Å². The molecule has 1 fully saturated rings. The molecule has 0 amide bonds. The number of benzene rings is 1. The van der Waals surface area contributed by atoms with Gasteiger partial charge in [0.05, 0.1) is 12.1 Å². The number of anilines is 1. The lowest BCUT2D eigenvalue weighted by molar-refractivity contribution is 0.0967. The molecule has 4 rings (SSSR count). The summed E-state index contributed by atoms with van der Waals surface area (Å²) in [5, 5.41) is 2.16. The molecule has 0 atom stereocenters. The van der Waals surface area contributed by atoms with Gasteiger partial charge >= 0.3 is 0 Å². The Morgan fingerprint density at radius 1 is 1.23 bits per heavy atom. The second-order valence-electron chi connectivity index (χ2n) is 7.10. The molecule has 0 aliphatic carbocycles. The van der Waals surface area contributed by atoms with Crippen molar-refractivity contribution in [3.8, 4) is 5.75 Å². The third-order valence-electron chi connectivity index (χ3n) is 4.92. The van der Waals surface area contributed by atoms with E-state index in [-0.39, 0.29) is 6.10 Å². The first kappa shape index (κ1) is 17.3. The van der Waals surface area contributed by atoms with Crippen LogP contribution in [0.1, 0.15) is 18.7 Å². The summed E-state index contributed by atoms with van der Waals surface area (Å²) in [5.41, 5.74) is 1.21. The van der Waals surface area contributed by atoms with Crippen LogP contribution in [0.2, 0.25) is 0 Å².